The third kappa shape index (κ3) is 3.55. The fraction of sp³-hybridized carbons (Fsp3) is 0.333. The minimum Gasteiger partial charge on any atom is -0.380 e. The molecule has 0 bridgehead atoms. The van der Waals surface area contributed by atoms with Crippen LogP contribution in [0.3, 0.4) is 0 Å². The molecule has 1 aliphatic rings. The fourth-order valence-electron chi connectivity index (χ4n) is 3.07. The van der Waals surface area contributed by atoms with Crippen LogP contribution < -0.4 is 10.2 Å². The number of halogens is 1. The van der Waals surface area contributed by atoms with E-state index in [4.69, 9.17) is 11.6 Å². The molecule has 3 heterocycles. The number of anilines is 2. The molecule has 25 heavy (non-hydrogen) atoms. The summed E-state index contributed by atoms with van der Waals surface area (Å²) in [5.74, 6) is 0. The number of likely N-dealkylation sites (N-methyl/N-ethyl adjacent to an activating group) is 1. The van der Waals surface area contributed by atoms with Gasteiger partial charge in [0.1, 0.15) is 0 Å². The lowest BCUT2D eigenvalue weighted by Gasteiger charge is -2.34. The summed E-state index contributed by atoms with van der Waals surface area (Å²) in [7, 11) is 2.16. The Kier molecular flexibility index (Phi) is 4.46. The summed E-state index contributed by atoms with van der Waals surface area (Å²) < 4.78 is 0. The van der Waals surface area contributed by atoms with E-state index in [9.17, 15) is 0 Å². The first kappa shape index (κ1) is 16.2. The van der Waals surface area contributed by atoms with Gasteiger partial charge in [0.2, 0.25) is 0 Å². The number of pyridine rings is 1. The van der Waals surface area contributed by atoms with E-state index in [0.717, 1.165) is 53.5 Å². The molecular formula is C18H21ClN6. The lowest BCUT2D eigenvalue weighted by molar-refractivity contribution is 0.313. The molecule has 1 aliphatic heterocycles. The molecule has 0 atom stereocenters. The Bertz CT molecular complexity index is 869. The quantitative estimate of drug-likeness (QED) is 0.752. The average molecular weight is 357 g/mol. The molecule has 0 unspecified atom stereocenters. The maximum absolute atomic E-state index is 6.51. The summed E-state index contributed by atoms with van der Waals surface area (Å²) in [4.78, 5) is 9.07. The van der Waals surface area contributed by atoms with Gasteiger partial charge in [-0.25, -0.2) is 4.98 Å². The number of piperazine rings is 1. The molecule has 1 aromatic carbocycles. The molecule has 2 N–H and O–H groups in total. The van der Waals surface area contributed by atoms with Crippen molar-refractivity contribution in [2.24, 2.45) is 0 Å². The molecule has 0 aliphatic carbocycles. The third-order valence-corrected chi connectivity index (χ3v) is 5.03. The van der Waals surface area contributed by atoms with E-state index < -0.39 is 0 Å². The number of hydrogen-bond acceptors (Lipinski definition) is 5. The Hall–Kier alpha value is -2.31. The van der Waals surface area contributed by atoms with Crippen molar-refractivity contribution in [2.75, 3.05) is 43.4 Å². The molecule has 0 amide bonds. The summed E-state index contributed by atoms with van der Waals surface area (Å²) in [6, 6.07) is 8.36. The van der Waals surface area contributed by atoms with Crippen molar-refractivity contribution in [3.8, 4) is 0 Å². The summed E-state index contributed by atoms with van der Waals surface area (Å²) in [5, 5.41) is 12.0. The predicted octanol–water partition coefficient (Wildman–Crippen LogP) is 2.98. The van der Waals surface area contributed by atoms with Gasteiger partial charge in [-0.1, -0.05) is 17.7 Å². The number of benzene rings is 1. The van der Waals surface area contributed by atoms with Crippen LogP contribution in [-0.2, 0) is 6.54 Å². The van der Waals surface area contributed by atoms with Gasteiger partial charge in [-0.2, -0.15) is 5.10 Å². The molecule has 1 saturated heterocycles. The zero-order valence-corrected chi connectivity index (χ0v) is 14.9. The highest BCUT2D eigenvalue weighted by Crippen LogP contribution is 2.25. The maximum Gasteiger partial charge on any atom is 0.155 e. The molecule has 7 heteroatoms. The van der Waals surface area contributed by atoms with Crippen LogP contribution in [0.15, 0.2) is 36.7 Å². The van der Waals surface area contributed by atoms with Crippen molar-refractivity contribution >= 4 is 34.0 Å². The second-order valence-corrected chi connectivity index (χ2v) is 6.86. The molecular weight excluding hydrogens is 336 g/mol. The third-order valence-electron chi connectivity index (χ3n) is 4.68. The second kappa shape index (κ2) is 6.90. The molecule has 3 aromatic rings. The Morgan fingerprint density at radius 3 is 2.80 bits per heavy atom. The standard InChI is InChI=1S/C18H21ClN6/c1-24-4-6-25(7-5-24)16-3-2-13(17(19)9-16)10-20-15-8-14-11-22-23-18(14)21-12-15/h2-3,8-9,11-12,20H,4-7,10H2,1H3,(H,21,22,23). The SMILES string of the molecule is CN1CCN(c2ccc(CNc3cnc4[nH]ncc4c3)c(Cl)c2)CC1. The van der Waals surface area contributed by atoms with Gasteiger partial charge >= 0.3 is 0 Å². The van der Waals surface area contributed by atoms with Gasteiger partial charge in [0.15, 0.2) is 5.65 Å². The van der Waals surface area contributed by atoms with Crippen LogP contribution >= 0.6 is 11.6 Å². The second-order valence-electron chi connectivity index (χ2n) is 6.45. The van der Waals surface area contributed by atoms with Crippen molar-refractivity contribution in [2.45, 2.75) is 6.54 Å². The summed E-state index contributed by atoms with van der Waals surface area (Å²) in [5.41, 5.74) is 4.02. The average Bonchev–Trinajstić information content (AvgIpc) is 3.09. The van der Waals surface area contributed by atoms with Gasteiger partial charge in [0, 0.05) is 48.8 Å². The van der Waals surface area contributed by atoms with E-state index in [2.05, 4.69) is 55.5 Å². The van der Waals surface area contributed by atoms with E-state index in [-0.39, 0.29) is 0 Å². The van der Waals surface area contributed by atoms with E-state index >= 15 is 0 Å². The highest BCUT2D eigenvalue weighted by molar-refractivity contribution is 6.31. The lowest BCUT2D eigenvalue weighted by Crippen LogP contribution is -2.44. The zero-order valence-electron chi connectivity index (χ0n) is 14.2. The Balaban J connectivity index is 1.43. The number of nitrogens with zero attached hydrogens (tertiary/aromatic N) is 4. The van der Waals surface area contributed by atoms with Crippen LogP contribution in [0.5, 0.6) is 0 Å². The number of rotatable bonds is 4. The Morgan fingerprint density at radius 1 is 1.16 bits per heavy atom. The molecule has 6 nitrogen and oxygen atoms in total. The van der Waals surface area contributed by atoms with Gasteiger partial charge in [0.25, 0.3) is 0 Å². The Morgan fingerprint density at radius 2 is 2.00 bits per heavy atom. The largest absolute Gasteiger partial charge is 0.380 e. The molecule has 1 fully saturated rings. The topological polar surface area (TPSA) is 60.1 Å². The monoisotopic (exact) mass is 356 g/mol. The van der Waals surface area contributed by atoms with Crippen LogP contribution in [-0.4, -0.2) is 53.3 Å². The summed E-state index contributed by atoms with van der Waals surface area (Å²) in [6.07, 6.45) is 3.57. The van der Waals surface area contributed by atoms with Gasteiger partial charge in [-0.15, -0.1) is 0 Å². The van der Waals surface area contributed by atoms with Crippen LogP contribution in [0.25, 0.3) is 11.0 Å². The van der Waals surface area contributed by atoms with Crippen LogP contribution in [0, 0.1) is 0 Å². The van der Waals surface area contributed by atoms with Crippen LogP contribution in [0.2, 0.25) is 5.02 Å². The summed E-state index contributed by atoms with van der Waals surface area (Å²) >= 11 is 6.51. The zero-order chi connectivity index (χ0) is 17.2. The van der Waals surface area contributed by atoms with Crippen LogP contribution in [0.4, 0.5) is 11.4 Å². The number of H-pyrrole nitrogens is 1. The van der Waals surface area contributed by atoms with E-state index in [1.54, 1.807) is 12.4 Å². The molecule has 130 valence electrons. The van der Waals surface area contributed by atoms with Crippen molar-refractivity contribution < 1.29 is 0 Å². The molecule has 0 saturated carbocycles. The van der Waals surface area contributed by atoms with Gasteiger partial charge in [-0.3, -0.25) is 5.10 Å². The van der Waals surface area contributed by atoms with Gasteiger partial charge in [0.05, 0.1) is 18.1 Å². The first-order valence-electron chi connectivity index (χ1n) is 8.44. The molecule has 4 rings (SSSR count). The highest BCUT2D eigenvalue weighted by Gasteiger charge is 2.15. The number of aromatic amines is 1. The minimum atomic E-state index is 0.660. The maximum atomic E-state index is 6.51. The van der Waals surface area contributed by atoms with Crippen molar-refractivity contribution in [1.29, 1.82) is 0 Å². The highest BCUT2D eigenvalue weighted by atomic mass is 35.5. The number of nitrogens with one attached hydrogen (secondary N) is 2. The van der Waals surface area contributed by atoms with E-state index in [1.165, 1.54) is 5.69 Å². The Labute approximate surface area is 151 Å². The van der Waals surface area contributed by atoms with Crippen molar-refractivity contribution in [1.82, 2.24) is 20.1 Å². The smallest absolute Gasteiger partial charge is 0.155 e. The predicted molar refractivity (Wildman–Crippen MR) is 102 cm³/mol. The lowest BCUT2D eigenvalue weighted by atomic mass is 10.1. The number of fused-ring (bicyclic) bond motifs is 1. The minimum absolute atomic E-state index is 0.660. The summed E-state index contributed by atoms with van der Waals surface area (Å²) in [6.45, 7) is 4.92. The van der Waals surface area contributed by atoms with Gasteiger partial charge in [-0.05, 0) is 30.8 Å². The number of hydrogen-bond donors (Lipinski definition) is 2. The molecule has 2 aromatic heterocycles. The fourth-order valence-corrected chi connectivity index (χ4v) is 3.31. The van der Waals surface area contributed by atoms with E-state index in [0.29, 0.717) is 6.54 Å². The first-order chi connectivity index (χ1) is 12.2. The molecule has 0 spiro atoms. The number of aromatic nitrogens is 3. The van der Waals surface area contributed by atoms with Gasteiger partial charge < -0.3 is 15.1 Å². The van der Waals surface area contributed by atoms with Crippen molar-refractivity contribution in [3.05, 3.63) is 47.2 Å². The van der Waals surface area contributed by atoms with Crippen molar-refractivity contribution in [3.63, 3.8) is 0 Å². The van der Waals surface area contributed by atoms with E-state index in [1.807, 2.05) is 6.07 Å². The molecule has 0 radical (unpaired) electrons. The first-order valence-corrected chi connectivity index (χ1v) is 8.82. The normalized spacial score (nSPS) is 15.7. The van der Waals surface area contributed by atoms with Crippen LogP contribution in [0.1, 0.15) is 5.56 Å².